The fourth-order valence-electron chi connectivity index (χ4n) is 1.14. The van der Waals surface area contributed by atoms with Crippen LogP contribution in [-0.4, -0.2) is 23.4 Å². The first-order valence-electron chi connectivity index (χ1n) is 4.71. The monoisotopic (exact) mass is 207 g/mol. The zero-order valence-corrected chi connectivity index (χ0v) is 8.27. The number of hydrogen-bond donors (Lipinski definition) is 2. The van der Waals surface area contributed by atoms with Crippen LogP contribution in [-0.2, 0) is 16.1 Å². The first-order valence-corrected chi connectivity index (χ1v) is 4.71. The Labute approximate surface area is 87.9 Å². The van der Waals surface area contributed by atoms with Crippen LogP contribution in [0, 0.1) is 0 Å². The first kappa shape index (κ1) is 11.4. The Balaban J connectivity index is 2.18. The minimum atomic E-state index is -1.36. The zero-order chi connectivity index (χ0) is 11.1. The van der Waals surface area contributed by atoms with E-state index in [-0.39, 0.29) is 6.42 Å². The van der Waals surface area contributed by atoms with E-state index in [1.807, 2.05) is 30.3 Å². The van der Waals surface area contributed by atoms with Gasteiger partial charge in [0.2, 0.25) is 5.78 Å². The van der Waals surface area contributed by atoms with Gasteiger partial charge >= 0.3 is 5.97 Å². The van der Waals surface area contributed by atoms with E-state index in [4.69, 9.17) is 5.11 Å². The lowest BCUT2D eigenvalue weighted by Crippen LogP contribution is -2.21. The molecule has 0 aliphatic rings. The fourth-order valence-corrected chi connectivity index (χ4v) is 1.14. The summed E-state index contributed by atoms with van der Waals surface area (Å²) >= 11 is 0. The number of rotatable bonds is 6. The predicted octanol–water partition coefficient (Wildman–Crippen LogP) is 0.820. The Morgan fingerprint density at radius 2 is 1.87 bits per heavy atom. The van der Waals surface area contributed by atoms with Gasteiger partial charge in [0, 0.05) is 19.5 Å². The van der Waals surface area contributed by atoms with Gasteiger partial charge in [-0.2, -0.15) is 0 Å². The van der Waals surface area contributed by atoms with E-state index >= 15 is 0 Å². The highest BCUT2D eigenvalue weighted by atomic mass is 16.4. The highest BCUT2D eigenvalue weighted by Crippen LogP contribution is 1.96. The van der Waals surface area contributed by atoms with Crippen LogP contribution in [0.25, 0.3) is 0 Å². The van der Waals surface area contributed by atoms with Crippen molar-refractivity contribution >= 4 is 11.8 Å². The van der Waals surface area contributed by atoms with E-state index in [1.165, 1.54) is 0 Å². The van der Waals surface area contributed by atoms with Crippen LogP contribution in [0.1, 0.15) is 12.0 Å². The second kappa shape index (κ2) is 5.93. The standard InChI is InChI=1S/C11H13NO3/c13-10(11(14)15)6-7-12-8-9-4-2-1-3-5-9/h1-5,12H,6-8H2,(H,14,15). The predicted molar refractivity (Wildman–Crippen MR) is 55.4 cm³/mol. The van der Waals surface area contributed by atoms with Gasteiger partial charge in [0.15, 0.2) is 0 Å². The largest absolute Gasteiger partial charge is 0.476 e. The molecule has 1 aromatic rings. The van der Waals surface area contributed by atoms with Crippen LogP contribution in [0.3, 0.4) is 0 Å². The minimum Gasteiger partial charge on any atom is -0.476 e. The molecule has 0 amide bonds. The zero-order valence-electron chi connectivity index (χ0n) is 8.27. The molecule has 0 atom stereocenters. The van der Waals surface area contributed by atoms with Crippen LogP contribution in [0.2, 0.25) is 0 Å². The molecule has 4 heteroatoms. The van der Waals surface area contributed by atoms with E-state index in [9.17, 15) is 9.59 Å². The lowest BCUT2D eigenvalue weighted by atomic mass is 10.2. The van der Waals surface area contributed by atoms with Gasteiger partial charge in [0.05, 0.1) is 0 Å². The minimum absolute atomic E-state index is 0.0299. The molecule has 0 radical (unpaired) electrons. The van der Waals surface area contributed by atoms with Crippen LogP contribution in [0.5, 0.6) is 0 Å². The summed E-state index contributed by atoms with van der Waals surface area (Å²) in [7, 11) is 0. The summed E-state index contributed by atoms with van der Waals surface area (Å²) < 4.78 is 0. The molecule has 1 rings (SSSR count). The number of carboxylic acid groups (broad SMARTS) is 1. The number of carbonyl (C=O) groups excluding carboxylic acids is 1. The fraction of sp³-hybridized carbons (Fsp3) is 0.273. The maximum atomic E-state index is 10.7. The van der Waals surface area contributed by atoms with Crippen molar-refractivity contribution in [2.75, 3.05) is 6.54 Å². The van der Waals surface area contributed by atoms with Gasteiger partial charge < -0.3 is 10.4 Å². The number of aliphatic carboxylic acids is 1. The van der Waals surface area contributed by atoms with Crippen molar-refractivity contribution in [3.8, 4) is 0 Å². The summed E-state index contributed by atoms with van der Waals surface area (Å²) in [5.74, 6) is -2.12. The van der Waals surface area contributed by atoms with Crippen LogP contribution >= 0.6 is 0 Å². The molecule has 0 aromatic heterocycles. The Hall–Kier alpha value is -1.68. The van der Waals surface area contributed by atoms with Crippen LogP contribution in [0.4, 0.5) is 0 Å². The van der Waals surface area contributed by atoms with Crippen LogP contribution in [0.15, 0.2) is 30.3 Å². The molecule has 0 aliphatic heterocycles. The topological polar surface area (TPSA) is 66.4 Å². The lowest BCUT2D eigenvalue weighted by molar-refractivity contribution is -0.149. The number of hydrogen-bond acceptors (Lipinski definition) is 3. The Morgan fingerprint density at radius 3 is 2.47 bits per heavy atom. The van der Waals surface area contributed by atoms with Crippen LogP contribution < -0.4 is 5.32 Å². The number of carboxylic acids is 1. The van der Waals surface area contributed by atoms with Crippen molar-refractivity contribution in [2.45, 2.75) is 13.0 Å². The number of ketones is 1. The summed E-state index contributed by atoms with van der Waals surface area (Å²) in [6.45, 7) is 1.04. The van der Waals surface area contributed by atoms with Gasteiger partial charge in [-0.3, -0.25) is 4.79 Å². The van der Waals surface area contributed by atoms with Gasteiger partial charge in [-0.25, -0.2) is 4.79 Å². The Morgan fingerprint density at radius 1 is 1.20 bits per heavy atom. The van der Waals surface area contributed by atoms with E-state index < -0.39 is 11.8 Å². The number of Topliss-reactive ketones (excluding diaryl/α,β-unsaturated/α-hetero) is 1. The molecule has 4 nitrogen and oxygen atoms in total. The van der Waals surface area contributed by atoms with Crippen molar-refractivity contribution in [3.63, 3.8) is 0 Å². The molecule has 0 spiro atoms. The molecular formula is C11H13NO3. The maximum absolute atomic E-state index is 10.7. The van der Waals surface area contributed by atoms with E-state index in [0.29, 0.717) is 13.1 Å². The molecule has 0 heterocycles. The SMILES string of the molecule is O=C(O)C(=O)CCNCc1ccccc1. The molecule has 15 heavy (non-hydrogen) atoms. The lowest BCUT2D eigenvalue weighted by Gasteiger charge is -2.02. The molecule has 1 aromatic carbocycles. The van der Waals surface area contributed by atoms with E-state index in [0.717, 1.165) is 5.56 Å². The molecule has 2 N–H and O–H groups in total. The van der Waals surface area contributed by atoms with E-state index in [1.54, 1.807) is 0 Å². The number of carbonyl (C=O) groups is 2. The molecule has 0 unspecified atom stereocenters. The molecule has 80 valence electrons. The van der Waals surface area contributed by atoms with Crippen molar-refractivity contribution < 1.29 is 14.7 Å². The normalized spacial score (nSPS) is 9.87. The third-order valence-electron chi connectivity index (χ3n) is 1.94. The smallest absolute Gasteiger partial charge is 0.372 e. The Kier molecular flexibility index (Phi) is 4.50. The van der Waals surface area contributed by atoms with Gasteiger partial charge in [-0.1, -0.05) is 30.3 Å². The second-order valence-corrected chi connectivity index (χ2v) is 3.14. The molecule has 0 saturated heterocycles. The third-order valence-corrected chi connectivity index (χ3v) is 1.94. The summed E-state index contributed by atoms with van der Waals surface area (Å²) in [6.07, 6.45) is 0.0299. The van der Waals surface area contributed by atoms with E-state index in [2.05, 4.69) is 5.32 Å². The molecule has 0 bridgehead atoms. The average Bonchev–Trinajstić information content (AvgIpc) is 2.25. The number of nitrogens with one attached hydrogen (secondary N) is 1. The quantitative estimate of drug-likeness (QED) is 0.535. The number of benzene rings is 1. The molecular weight excluding hydrogens is 194 g/mol. The average molecular weight is 207 g/mol. The Bertz CT molecular complexity index is 335. The summed E-state index contributed by atoms with van der Waals surface area (Å²) in [4.78, 5) is 20.9. The molecule has 0 fully saturated rings. The van der Waals surface area contributed by atoms with Gasteiger partial charge in [-0.15, -0.1) is 0 Å². The first-order chi connectivity index (χ1) is 7.20. The summed E-state index contributed by atoms with van der Waals surface area (Å²) in [6, 6.07) is 9.72. The molecule has 0 saturated carbocycles. The van der Waals surface area contributed by atoms with Crippen molar-refractivity contribution in [1.82, 2.24) is 5.32 Å². The summed E-state index contributed by atoms with van der Waals surface area (Å²) in [5.41, 5.74) is 1.11. The van der Waals surface area contributed by atoms with Gasteiger partial charge in [0.1, 0.15) is 0 Å². The highest BCUT2D eigenvalue weighted by Gasteiger charge is 2.09. The van der Waals surface area contributed by atoms with Crippen molar-refractivity contribution in [1.29, 1.82) is 0 Å². The van der Waals surface area contributed by atoms with Gasteiger partial charge in [-0.05, 0) is 5.56 Å². The van der Waals surface area contributed by atoms with Crippen molar-refractivity contribution in [3.05, 3.63) is 35.9 Å². The summed E-state index contributed by atoms with van der Waals surface area (Å²) in [5, 5.41) is 11.3. The second-order valence-electron chi connectivity index (χ2n) is 3.14. The van der Waals surface area contributed by atoms with Gasteiger partial charge in [0.25, 0.3) is 0 Å². The molecule has 0 aliphatic carbocycles. The van der Waals surface area contributed by atoms with Crippen molar-refractivity contribution in [2.24, 2.45) is 0 Å². The maximum Gasteiger partial charge on any atom is 0.372 e. The highest BCUT2D eigenvalue weighted by molar-refractivity contribution is 6.32. The third kappa shape index (κ3) is 4.37.